The van der Waals surface area contributed by atoms with Crippen molar-refractivity contribution in [3.8, 4) is 11.7 Å². The first kappa shape index (κ1) is 12.3. The summed E-state index contributed by atoms with van der Waals surface area (Å²) in [5, 5.41) is 8.22. The molecule has 1 aliphatic heterocycles. The maximum absolute atomic E-state index is 5.73. The van der Waals surface area contributed by atoms with Crippen molar-refractivity contribution >= 4 is 0 Å². The van der Waals surface area contributed by atoms with Crippen molar-refractivity contribution in [1.82, 2.24) is 25.1 Å². The van der Waals surface area contributed by atoms with Crippen molar-refractivity contribution in [2.24, 2.45) is 0 Å². The van der Waals surface area contributed by atoms with Gasteiger partial charge in [0.2, 0.25) is 5.89 Å². The highest BCUT2D eigenvalue weighted by atomic mass is 16.4. The SMILES string of the molecule is c1coc(-c2nnc(C3CCN(Cc4ncc[nH]4)C3)o2)c1. The maximum atomic E-state index is 5.73. The van der Waals surface area contributed by atoms with Crippen LogP contribution in [0.15, 0.2) is 39.6 Å². The van der Waals surface area contributed by atoms with E-state index in [1.165, 1.54) is 0 Å². The Balaban J connectivity index is 1.43. The number of hydrogen-bond donors (Lipinski definition) is 1. The van der Waals surface area contributed by atoms with E-state index in [0.717, 1.165) is 31.9 Å². The number of rotatable bonds is 4. The van der Waals surface area contributed by atoms with E-state index in [2.05, 4.69) is 25.1 Å². The number of imidazole rings is 1. The van der Waals surface area contributed by atoms with Crippen LogP contribution in [0.5, 0.6) is 0 Å². The molecule has 1 saturated heterocycles. The van der Waals surface area contributed by atoms with Crippen LogP contribution in [0.3, 0.4) is 0 Å². The van der Waals surface area contributed by atoms with E-state index in [-0.39, 0.29) is 5.92 Å². The predicted molar refractivity (Wildman–Crippen MR) is 73.2 cm³/mol. The Hall–Kier alpha value is -2.41. The zero-order valence-corrected chi connectivity index (χ0v) is 11.4. The second-order valence-corrected chi connectivity index (χ2v) is 5.18. The van der Waals surface area contributed by atoms with Gasteiger partial charge in [0.25, 0.3) is 5.89 Å². The van der Waals surface area contributed by atoms with Crippen molar-refractivity contribution in [1.29, 1.82) is 0 Å². The summed E-state index contributed by atoms with van der Waals surface area (Å²) in [7, 11) is 0. The molecule has 0 radical (unpaired) electrons. The molecule has 4 rings (SSSR count). The molecule has 1 fully saturated rings. The lowest BCUT2D eigenvalue weighted by Gasteiger charge is -2.12. The van der Waals surface area contributed by atoms with Gasteiger partial charge in [-0.05, 0) is 25.1 Å². The van der Waals surface area contributed by atoms with E-state index < -0.39 is 0 Å². The first-order chi connectivity index (χ1) is 10.4. The quantitative estimate of drug-likeness (QED) is 0.789. The highest BCUT2D eigenvalue weighted by Gasteiger charge is 2.29. The number of hydrogen-bond acceptors (Lipinski definition) is 6. The summed E-state index contributed by atoms with van der Waals surface area (Å²) in [6.07, 6.45) is 6.23. The lowest BCUT2D eigenvalue weighted by Crippen LogP contribution is -2.20. The van der Waals surface area contributed by atoms with Gasteiger partial charge in [0, 0.05) is 18.9 Å². The molecule has 108 valence electrons. The van der Waals surface area contributed by atoms with Gasteiger partial charge in [-0.3, -0.25) is 4.90 Å². The first-order valence-corrected chi connectivity index (χ1v) is 6.96. The van der Waals surface area contributed by atoms with Crippen molar-refractivity contribution in [3.63, 3.8) is 0 Å². The standard InChI is InChI=1S/C14H15N5O2/c1-2-11(20-7-1)14-18-17-13(21-14)10-3-6-19(8-10)9-12-15-4-5-16-12/h1-2,4-5,7,10H,3,6,8-9H2,(H,15,16). The molecule has 0 spiro atoms. The topological polar surface area (TPSA) is 84.0 Å². The van der Waals surface area contributed by atoms with Crippen molar-refractivity contribution in [2.45, 2.75) is 18.9 Å². The smallest absolute Gasteiger partial charge is 0.283 e. The average Bonchev–Trinajstić information content (AvgIpc) is 3.28. The van der Waals surface area contributed by atoms with Crippen LogP contribution in [0.2, 0.25) is 0 Å². The van der Waals surface area contributed by atoms with Crippen LogP contribution in [0.1, 0.15) is 24.1 Å². The van der Waals surface area contributed by atoms with Gasteiger partial charge in [-0.2, -0.15) is 0 Å². The van der Waals surface area contributed by atoms with Gasteiger partial charge in [-0.25, -0.2) is 4.98 Å². The van der Waals surface area contributed by atoms with E-state index in [4.69, 9.17) is 8.83 Å². The number of aromatic nitrogens is 4. The van der Waals surface area contributed by atoms with E-state index in [0.29, 0.717) is 17.5 Å². The number of likely N-dealkylation sites (tertiary alicyclic amines) is 1. The second kappa shape index (κ2) is 5.17. The molecular formula is C14H15N5O2. The molecule has 0 aromatic carbocycles. The zero-order chi connectivity index (χ0) is 14.1. The normalized spacial score (nSPS) is 19.3. The van der Waals surface area contributed by atoms with Gasteiger partial charge < -0.3 is 13.8 Å². The van der Waals surface area contributed by atoms with Crippen LogP contribution >= 0.6 is 0 Å². The molecule has 0 saturated carbocycles. The van der Waals surface area contributed by atoms with Crippen molar-refractivity contribution in [3.05, 3.63) is 42.5 Å². The molecule has 0 bridgehead atoms. The summed E-state index contributed by atoms with van der Waals surface area (Å²) in [6.45, 7) is 2.73. The van der Waals surface area contributed by atoms with Gasteiger partial charge in [0.15, 0.2) is 5.76 Å². The van der Waals surface area contributed by atoms with Crippen molar-refractivity contribution in [2.75, 3.05) is 13.1 Å². The number of nitrogens with zero attached hydrogens (tertiary/aromatic N) is 4. The monoisotopic (exact) mass is 285 g/mol. The third-order valence-corrected chi connectivity index (χ3v) is 3.72. The fourth-order valence-electron chi connectivity index (χ4n) is 2.67. The minimum absolute atomic E-state index is 0.274. The number of H-pyrrole nitrogens is 1. The van der Waals surface area contributed by atoms with Gasteiger partial charge in [0.05, 0.1) is 18.7 Å². The molecule has 4 heterocycles. The second-order valence-electron chi connectivity index (χ2n) is 5.18. The van der Waals surface area contributed by atoms with Crippen molar-refractivity contribution < 1.29 is 8.83 Å². The highest BCUT2D eigenvalue weighted by Crippen LogP contribution is 2.29. The lowest BCUT2D eigenvalue weighted by molar-refractivity contribution is 0.313. The highest BCUT2D eigenvalue weighted by molar-refractivity contribution is 5.42. The lowest BCUT2D eigenvalue weighted by atomic mass is 10.1. The summed E-state index contributed by atoms with van der Waals surface area (Å²) in [5.41, 5.74) is 0. The minimum atomic E-state index is 0.274. The molecule has 0 aliphatic carbocycles. The Morgan fingerprint density at radius 2 is 2.38 bits per heavy atom. The summed E-state index contributed by atoms with van der Waals surface area (Å²) in [4.78, 5) is 9.71. The van der Waals surface area contributed by atoms with E-state index >= 15 is 0 Å². The molecule has 21 heavy (non-hydrogen) atoms. The minimum Gasteiger partial charge on any atom is -0.459 e. The van der Waals surface area contributed by atoms with Crippen LogP contribution in [-0.2, 0) is 6.54 Å². The van der Waals surface area contributed by atoms with Gasteiger partial charge in [-0.1, -0.05) is 0 Å². The predicted octanol–water partition coefficient (Wildman–Crippen LogP) is 2.04. The molecule has 7 nitrogen and oxygen atoms in total. The van der Waals surface area contributed by atoms with Gasteiger partial charge >= 0.3 is 0 Å². The molecule has 0 amide bonds. The zero-order valence-electron chi connectivity index (χ0n) is 11.4. The molecule has 1 aliphatic rings. The Kier molecular flexibility index (Phi) is 3.04. The van der Waals surface area contributed by atoms with Crippen LogP contribution in [0.4, 0.5) is 0 Å². The summed E-state index contributed by atoms with van der Waals surface area (Å²) in [6, 6.07) is 3.62. The third kappa shape index (κ3) is 2.47. The van der Waals surface area contributed by atoms with E-state index in [1.807, 2.05) is 12.3 Å². The largest absolute Gasteiger partial charge is 0.459 e. The number of furan rings is 1. The van der Waals surface area contributed by atoms with Crippen LogP contribution in [0.25, 0.3) is 11.7 Å². The summed E-state index contributed by atoms with van der Waals surface area (Å²) in [5.74, 6) is 3.00. The Morgan fingerprint density at radius 1 is 1.38 bits per heavy atom. The summed E-state index contributed by atoms with van der Waals surface area (Å²) < 4.78 is 11.0. The fraction of sp³-hybridized carbons (Fsp3) is 0.357. The Bertz CT molecular complexity index is 689. The number of nitrogens with one attached hydrogen (secondary N) is 1. The molecule has 1 N–H and O–H groups in total. The molecular weight excluding hydrogens is 270 g/mol. The molecule has 1 unspecified atom stereocenters. The van der Waals surface area contributed by atoms with Crippen LogP contribution in [0, 0.1) is 0 Å². The summed E-state index contributed by atoms with van der Waals surface area (Å²) >= 11 is 0. The Morgan fingerprint density at radius 3 is 3.19 bits per heavy atom. The van der Waals surface area contributed by atoms with E-state index in [1.54, 1.807) is 18.5 Å². The molecule has 1 atom stereocenters. The first-order valence-electron chi connectivity index (χ1n) is 6.96. The number of aromatic amines is 1. The van der Waals surface area contributed by atoms with E-state index in [9.17, 15) is 0 Å². The van der Waals surface area contributed by atoms with Gasteiger partial charge in [-0.15, -0.1) is 10.2 Å². The van der Waals surface area contributed by atoms with Crippen LogP contribution < -0.4 is 0 Å². The fourth-order valence-corrected chi connectivity index (χ4v) is 2.67. The van der Waals surface area contributed by atoms with Crippen LogP contribution in [-0.4, -0.2) is 38.2 Å². The average molecular weight is 285 g/mol. The Labute approximate surface area is 121 Å². The molecule has 3 aromatic rings. The third-order valence-electron chi connectivity index (χ3n) is 3.72. The molecule has 7 heteroatoms. The van der Waals surface area contributed by atoms with Gasteiger partial charge in [0.1, 0.15) is 5.82 Å². The maximum Gasteiger partial charge on any atom is 0.283 e. The molecule has 3 aromatic heterocycles.